The molecule has 0 saturated heterocycles. The SMILES string of the molecule is C1=CC2c3ccccc3-c3ccc(-c4ccc5ccc6c7cc(-c8cccc9c8sc8c%10ccccc%10ccc98)ccc7ccc6c5c4)cc3C2C=C1. The van der Waals surface area contributed by atoms with Crippen LogP contribution in [-0.2, 0) is 0 Å². The minimum atomic E-state index is 0.351. The summed E-state index contributed by atoms with van der Waals surface area (Å²) in [6.07, 6.45) is 9.19. The van der Waals surface area contributed by atoms with Crippen LogP contribution < -0.4 is 0 Å². The summed E-state index contributed by atoms with van der Waals surface area (Å²) < 4.78 is 2.72. The van der Waals surface area contributed by atoms with E-state index in [1.165, 1.54) is 108 Å². The van der Waals surface area contributed by atoms with E-state index in [1.807, 2.05) is 11.3 Å². The number of allylic oxidation sites excluding steroid dienone is 4. The summed E-state index contributed by atoms with van der Waals surface area (Å²) in [6, 6.07) is 59.5. The molecule has 246 valence electrons. The number of hydrogen-bond acceptors (Lipinski definition) is 1. The van der Waals surface area contributed by atoms with Gasteiger partial charge in [-0.25, -0.2) is 0 Å². The number of hydrogen-bond donors (Lipinski definition) is 0. The molecule has 0 spiro atoms. The van der Waals surface area contributed by atoms with Crippen LogP contribution in [0.1, 0.15) is 23.0 Å². The first-order valence-corrected chi connectivity index (χ1v) is 19.4. The average molecular weight is 689 g/mol. The predicted octanol–water partition coefficient (Wildman–Crippen LogP) is 15.0. The van der Waals surface area contributed by atoms with Gasteiger partial charge in [0.2, 0.25) is 0 Å². The van der Waals surface area contributed by atoms with Crippen LogP contribution >= 0.6 is 11.3 Å². The van der Waals surface area contributed by atoms with Gasteiger partial charge in [-0.2, -0.15) is 0 Å². The molecule has 53 heavy (non-hydrogen) atoms. The third-order valence-corrected chi connectivity index (χ3v) is 13.3. The molecule has 0 nitrogen and oxygen atoms in total. The summed E-state index contributed by atoms with van der Waals surface area (Å²) in [5.74, 6) is 0.730. The van der Waals surface area contributed by atoms with E-state index in [4.69, 9.17) is 0 Å². The zero-order valence-corrected chi connectivity index (χ0v) is 29.7. The zero-order chi connectivity index (χ0) is 34.6. The quantitative estimate of drug-likeness (QED) is 0.159. The maximum absolute atomic E-state index is 2.46. The molecule has 0 amide bonds. The summed E-state index contributed by atoms with van der Waals surface area (Å²) >= 11 is 1.93. The van der Waals surface area contributed by atoms with Crippen molar-refractivity contribution in [3.8, 4) is 33.4 Å². The van der Waals surface area contributed by atoms with Gasteiger partial charge in [0.05, 0.1) is 0 Å². The Balaban J connectivity index is 1.01. The van der Waals surface area contributed by atoms with Crippen molar-refractivity contribution in [2.24, 2.45) is 0 Å². The van der Waals surface area contributed by atoms with E-state index in [-0.39, 0.29) is 0 Å². The van der Waals surface area contributed by atoms with Gasteiger partial charge in [-0.05, 0) is 106 Å². The van der Waals surface area contributed by atoms with Crippen LogP contribution in [0.2, 0.25) is 0 Å². The van der Waals surface area contributed by atoms with E-state index in [2.05, 4.69) is 182 Å². The lowest BCUT2D eigenvalue weighted by Crippen LogP contribution is -2.16. The molecule has 2 aliphatic rings. The van der Waals surface area contributed by atoms with Gasteiger partial charge in [-0.15, -0.1) is 11.3 Å². The Morgan fingerprint density at radius 3 is 1.70 bits per heavy atom. The molecule has 10 aromatic rings. The average Bonchev–Trinajstić information content (AvgIpc) is 3.63. The van der Waals surface area contributed by atoms with Gasteiger partial charge in [0.25, 0.3) is 0 Å². The van der Waals surface area contributed by atoms with Gasteiger partial charge < -0.3 is 0 Å². The molecule has 2 aliphatic carbocycles. The smallest absolute Gasteiger partial charge is 0.0434 e. The lowest BCUT2D eigenvalue weighted by molar-refractivity contribution is 0.720. The van der Waals surface area contributed by atoms with Gasteiger partial charge in [-0.1, -0.05) is 164 Å². The first-order chi connectivity index (χ1) is 26.3. The molecule has 1 heterocycles. The lowest BCUT2D eigenvalue weighted by Gasteiger charge is -2.34. The van der Waals surface area contributed by atoms with E-state index >= 15 is 0 Å². The maximum Gasteiger partial charge on any atom is 0.0434 e. The summed E-state index contributed by atoms with van der Waals surface area (Å²) in [7, 11) is 0. The number of fused-ring (bicyclic) bond motifs is 16. The second-order valence-electron chi connectivity index (χ2n) is 14.8. The highest BCUT2D eigenvalue weighted by molar-refractivity contribution is 7.27. The Bertz CT molecular complexity index is 3240. The van der Waals surface area contributed by atoms with E-state index < -0.39 is 0 Å². The van der Waals surface area contributed by atoms with E-state index in [9.17, 15) is 0 Å². The minimum Gasteiger partial charge on any atom is -0.134 e. The first kappa shape index (κ1) is 29.3. The third-order valence-electron chi connectivity index (χ3n) is 12.0. The van der Waals surface area contributed by atoms with Crippen molar-refractivity contribution >= 4 is 74.6 Å². The fourth-order valence-corrected chi connectivity index (χ4v) is 10.8. The van der Waals surface area contributed by atoms with E-state index in [1.54, 1.807) is 0 Å². The fourth-order valence-electron chi connectivity index (χ4n) is 9.46. The molecule has 2 atom stereocenters. The minimum absolute atomic E-state index is 0.351. The van der Waals surface area contributed by atoms with E-state index in [0.717, 1.165) is 0 Å². The summed E-state index contributed by atoms with van der Waals surface area (Å²) in [4.78, 5) is 0. The van der Waals surface area contributed by atoms with Crippen molar-refractivity contribution in [1.82, 2.24) is 0 Å². The molecule has 2 unspecified atom stereocenters. The van der Waals surface area contributed by atoms with Crippen LogP contribution in [0.3, 0.4) is 0 Å². The van der Waals surface area contributed by atoms with Crippen LogP contribution in [0.5, 0.6) is 0 Å². The van der Waals surface area contributed by atoms with E-state index in [0.29, 0.717) is 11.8 Å². The largest absolute Gasteiger partial charge is 0.134 e. The summed E-state index contributed by atoms with van der Waals surface area (Å²) in [5.41, 5.74) is 10.7. The van der Waals surface area contributed by atoms with Crippen molar-refractivity contribution < 1.29 is 0 Å². The Morgan fingerprint density at radius 1 is 0.321 bits per heavy atom. The van der Waals surface area contributed by atoms with Crippen LogP contribution in [0.4, 0.5) is 0 Å². The molecular weight excluding hydrogens is 657 g/mol. The Kier molecular flexibility index (Phi) is 6.14. The van der Waals surface area contributed by atoms with Crippen LogP contribution in [0, 0.1) is 0 Å². The lowest BCUT2D eigenvalue weighted by atomic mass is 9.69. The summed E-state index contributed by atoms with van der Waals surface area (Å²) in [6.45, 7) is 0. The monoisotopic (exact) mass is 688 g/mol. The van der Waals surface area contributed by atoms with Crippen molar-refractivity contribution in [2.45, 2.75) is 11.8 Å². The Hall–Kier alpha value is -6.28. The molecule has 0 aliphatic heterocycles. The highest BCUT2D eigenvalue weighted by atomic mass is 32.1. The highest BCUT2D eigenvalue weighted by Gasteiger charge is 2.31. The molecule has 0 bridgehead atoms. The molecule has 0 saturated carbocycles. The van der Waals surface area contributed by atoms with Gasteiger partial charge in [0, 0.05) is 32.0 Å². The van der Waals surface area contributed by atoms with Crippen molar-refractivity contribution in [3.63, 3.8) is 0 Å². The number of benzene rings is 9. The van der Waals surface area contributed by atoms with Gasteiger partial charge >= 0.3 is 0 Å². The fraction of sp³-hybridized carbons (Fsp3) is 0.0385. The van der Waals surface area contributed by atoms with Crippen molar-refractivity contribution in [2.75, 3.05) is 0 Å². The highest BCUT2D eigenvalue weighted by Crippen LogP contribution is 2.50. The molecule has 0 fully saturated rings. The predicted molar refractivity (Wildman–Crippen MR) is 229 cm³/mol. The number of thiophene rings is 1. The number of rotatable bonds is 2. The van der Waals surface area contributed by atoms with Crippen LogP contribution in [0.15, 0.2) is 182 Å². The molecule has 1 aromatic heterocycles. The van der Waals surface area contributed by atoms with Crippen LogP contribution in [-0.4, -0.2) is 0 Å². The van der Waals surface area contributed by atoms with Gasteiger partial charge in [-0.3, -0.25) is 0 Å². The molecule has 0 N–H and O–H groups in total. The molecule has 9 aromatic carbocycles. The van der Waals surface area contributed by atoms with Crippen molar-refractivity contribution in [3.05, 3.63) is 193 Å². The molecule has 12 rings (SSSR count). The third kappa shape index (κ3) is 4.29. The molecular formula is C52H32S. The molecule has 0 radical (unpaired) electrons. The second kappa shape index (κ2) is 11.1. The van der Waals surface area contributed by atoms with Crippen LogP contribution in [0.25, 0.3) is 96.6 Å². The zero-order valence-electron chi connectivity index (χ0n) is 28.9. The Morgan fingerprint density at radius 2 is 0.868 bits per heavy atom. The van der Waals surface area contributed by atoms with Crippen molar-refractivity contribution in [1.29, 1.82) is 0 Å². The maximum atomic E-state index is 2.46. The molecule has 1 heteroatoms. The summed E-state index contributed by atoms with van der Waals surface area (Å²) in [5, 5.41) is 13.0. The normalized spacial score (nSPS) is 16.2. The topological polar surface area (TPSA) is 0 Å². The Labute approximate surface area is 311 Å². The van der Waals surface area contributed by atoms with Gasteiger partial charge in [0.1, 0.15) is 0 Å². The second-order valence-corrected chi connectivity index (χ2v) is 15.8. The van der Waals surface area contributed by atoms with Gasteiger partial charge in [0.15, 0.2) is 0 Å². The standard InChI is InChI=1S/C52H32S/c1-2-9-37-31(8-1)22-27-47-46-15-7-14-38(52(46)53-51(37)47)36-19-17-33-21-24-43-44(49(33)30-36)25-20-32-16-18-34(28-48(32)43)35-23-26-45-41-12-4-3-10-39(41)40-11-5-6-13-42(40)50(45)29-35/h1-30,40,42H. The first-order valence-electron chi connectivity index (χ1n) is 18.6.